The Kier molecular flexibility index (Phi) is 2.11. The van der Waals surface area contributed by atoms with Crippen molar-refractivity contribution >= 4 is 0 Å². The van der Waals surface area contributed by atoms with Crippen LogP contribution in [-0.2, 0) is 4.74 Å². The molecule has 0 bridgehead atoms. The van der Waals surface area contributed by atoms with Crippen LogP contribution in [-0.4, -0.2) is 24.9 Å². The molecule has 0 aliphatic carbocycles. The smallest absolute Gasteiger partial charge is 0.365 e. The van der Waals surface area contributed by atoms with Gasteiger partial charge in [-0.05, 0) is 13.0 Å². The molecule has 0 aromatic rings. The van der Waals surface area contributed by atoms with Gasteiger partial charge in [-0.1, -0.05) is 0 Å². The average Bonchev–Trinajstić information content (AvgIpc) is 1.75. The van der Waals surface area contributed by atoms with Crippen molar-refractivity contribution in [2.75, 3.05) is 13.2 Å². The topological polar surface area (TPSA) is 35.2 Å². The van der Waals surface area contributed by atoms with E-state index in [0.29, 0.717) is 0 Å². The standard InChI is InChI=1S/C6H10F3NO/c7-6(8,9)5(1-3-10)2-4-11-5/h1-4,10H2. The maximum absolute atomic E-state index is 12.2. The minimum Gasteiger partial charge on any atom is -0.365 e. The molecule has 5 heteroatoms. The largest absolute Gasteiger partial charge is 0.417 e. The molecule has 1 rings (SSSR count). The molecule has 1 atom stereocenters. The van der Waals surface area contributed by atoms with Crippen molar-refractivity contribution < 1.29 is 17.9 Å². The molecule has 1 heterocycles. The Morgan fingerprint density at radius 3 is 2.09 bits per heavy atom. The second-order valence-electron chi connectivity index (χ2n) is 2.63. The maximum Gasteiger partial charge on any atom is 0.417 e. The summed E-state index contributed by atoms with van der Waals surface area (Å²) in [7, 11) is 0. The molecule has 0 radical (unpaired) electrons. The number of rotatable bonds is 2. The zero-order valence-corrected chi connectivity index (χ0v) is 5.95. The summed E-state index contributed by atoms with van der Waals surface area (Å²) in [5.74, 6) is 0. The summed E-state index contributed by atoms with van der Waals surface area (Å²) in [6.07, 6.45) is -4.34. The van der Waals surface area contributed by atoms with Gasteiger partial charge in [0.25, 0.3) is 0 Å². The first-order valence-electron chi connectivity index (χ1n) is 3.43. The lowest BCUT2D eigenvalue weighted by molar-refractivity contribution is -0.326. The van der Waals surface area contributed by atoms with Gasteiger partial charge in [0.05, 0.1) is 6.61 Å². The van der Waals surface area contributed by atoms with Crippen LogP contribution in [0.1, 0.15) is 12.8 Å². The van der Waals surface area contributed by atoms with E-state index in [-0.39, 0.29) is 26.0 Å². The third-order valence-electron chi connectivity index (χ3n) is 1.95. The van der Waals surface area contributed by atoms with Crippen molar-refractivity contribution in [2.45, 2.75) is 24.6 Å². The lowest BCUT2D eigenvalue weighted by Crippen LogP contribution is -2.56. The van der Waals surface area contributed by atoms with Crippen LogP contribution in [0.25, 0.3) is 0 Å². The first-order chi connectivity index (χ1) is 5.02. The molecule has 0 saturated carbocycles. The highest BCUT2D eigenvalue weighted by molar-refractivity contribution is 4.94. The van der Waals surface area contributed by atoms with Gasteiger partial charge in [0.15, 0.2) is 5.60 Å². The third-order valence-corrected chi connectivity index (χ3v) is 1.95. The van der Waals surface area contributed by atoms with Crippen molar-refractivity contribution in [3.05, 3.63) is 0 Å². The fourth-order valence-electron chi connectivity index (χ4n) is 1.14. The van der Waals surface area contributed by atoms with Gasteiger partial charge in [-0.15, -0.1) is 0 Å². The second kappa shape index (κ2) is 2.64. The van der Waals surface area contributed by atoms with E-state index in [4.69, 9.17) is 5.73 Å². The van der Waals surface area contributed by atoms with Crippen molar-refractivity contribution in [3.63, 3.8) is 0 Å². The van der Waals surface area contributed by atoms with Gasteiger partial charge >= 0.3 is 6.18 Å². The molecule has 1 aliphatic heterocycles. The number of nitrogens with two attached hydrogens (primary N) is 1. The van der Waals surface area contributed by atoms with E-state index in [1.165, 1.54) is 0 Å². The molecule has 1 fully saturated rings. The van der Waals surface area contributed by atoms with E-state index < -0.39 is 11.8 Å². The Morgan fingerprint density at radius 2 is 2.00 bits per heavy atom. The summed E-state index contributed by atoms with van der Waals surface area (Å²) in [5, 5.41) is 0. The number of halogens is 3. The molecular formula is C6H10F3NO. The first-order valence-corrected chi connectivity index (χ1v) is 3.43. The fraction of sp³-hybridized carbons (Fsp3) is 1.00. The summed E-state index contributed by atoms with van der Waals surface area (Å²) < 4.78 is 41.0. The summed E-state index contributed by atoms with van der Waals surface area (Å²) in [5.41, 5.74) is 3.13. The maximum atomic E-state index is 12.2. The molecule has 2 N–H and O–H groups in total. The molecule has 1 saturated heterocycles. The highest BCUT2D eigenvalue weighted by Crippen LogP contribution is 2.44. The quantitative estimate of drug-likeness (QED) is 0.670. The van der Waals surface area contributed by atoms with Gasteiger partial charge in [-0.3, -0.25) is 0 Å². The van der Waals surface area contributed by atoms with Crippen molar-refractivity contribution in [2.24, 2.45) is 5.73 Å². The molecule has 66 valence electrons. The van der Waals surface area contributed by atoms with E-state index in [9.17, 15) is 13.2 Å². The van der Waals surface area contributed by atoms with Crippen LogP contribution >= 0.6 is 0 Å². The van der Waals surface area contributed by atoms with Crippen molar-refractivity contribution in [1.82, 2.24) is 0 Å². The van der Waals surface area contributed by atoms with Crippen LogP contribution in [0.2, 0.25) is 0 Å². The van der Waals surface area contributed by atoms with Gasteiger partial charge in [0, 0.05) is 6.42 Å². The van der Waals surface area contributed by atoms with Crippen LogP contribution in [0.15, 0.2) is 0 Å². The number of hydrogen-bond acceptors (Lipinski definition) is 2. The van der Waals surface area contributed by atoms with E-state index >= 15 is 0 Å². The minimum atomic E-state index is -4.26. The molecule has 0 spiro atoms. The molecule has 0 aromatic carbocycles. The van der Waals surface area contributed by atoms with Gasteiger partial charge in [0.2, 0.25) is 0 Å². The van der Waals surface area contributed by atoms with Gasteiger partial charge in [-0.25, -0.2) is 0 Å². The molecular weight excluding hydrogens is 159 g/mol. The van der Waals surface area contributed by atoms with Crippen molar-refractivity contribution in [3.8, 4) is 0 Å². The highest BCUT2D eigenvalue weighted by atomic mass is 19.4. The van der Waals surface area contributed by atoms with Gasteiger partial charge < -0.3 is 10.5 Å². The van der Waals surface area contributed by atoms with Crippen LogP contribution in [0.4, 0.5) is 13.2 Å². The van der Waals surface area contributed by atoms with E-state index in [0.717, 1.165) is 0 Å². The number of hydrogen-bond donors (Lipinski definition) is 1. The Bertz CT molecular complexity index is 141. The first kappa shape index (κ1) is 8.80. The highest BCUT2D eigenvalue weighted by Gasteiger charge is 2.59. The Morgan fingerprint density at radius 1 is 1.45 bits per heavy atom. The predicted octanol–water partition coefficient (Wildman–Crippen LogP) is 1.06. The summed E-state index contributed by atoms with van der Waals surface area (Å²) in [6.45, 7) is 0.207. The fourth-order valence-corrected chi connectivity index (χ4v) is 1.14. The Labute approximate surface area is 62.5 Å². The molecule has 1 unspecified atom stereocenters. The van der Waals surface area contributed by atoms with E-state index in [1.807, 2.05) is 0 Å². The van der Waals surface area contributed by atoms with Crippen LogP contribution in [0, 0.1) is 0 Å². The summed E-state index contributed by atoms with van der Waals surface area (Å²) >= 11 is 0. The van der Waals surface area contributed by atoms with Crippen LogP contribution in [0.5, 0.6) is 0 Å². The van der Waals surface area contributed by atoms with E-state index in [2.05, 4.69) is 4.74 Å². The lowest BCUT2D eigenvalue weighted by atomic mass is 9.90. The lowest BCUT2D eigenvalue weighted by Gasteiger charge is -2.42. The van der Waals surface area contributed by atoms with Crippen molar-refractivity contribution in [1.29, 1.82) is 0 Å². The summed E-state index contributed by atoms with van der Waals surface area (Å²) in [4.78, 5) is 0. The molecule has 2 nitrogen and oxygen atoms in total. The zero-order valence-electron chi connectivity index (χ0n) is 5.95. The number of alkyl halides is 3. The molecule has 0 aromatic heterocycles. The minimum absolute atomic E-state index is 0.0134. The van der Waals surface area contributed by atoms with Gasteiger partial charge in [-0.2, -0.15) is 13.2 Å². The van der Waals surface area contributed by atoms with Crippen LogP contribution in [0.3, 0.4) is 0 Å². The third kappa shape index (κ3) is 1.35. The van der Waals surface area contributed by atoms with E-state index in [1.54, 1.807) is 0 Å². The average molecular weight is 169 g/mol. The molecule has 1 aliphatic rings. The Hall–Kier alpha value is -0.290. The molecule has 0 amide bonds. The SMILES string of the molecule is NCCC1(C(F)(F)F)CCO1. The Balaban J connectivity index is 2.60. The summed E-state index contributed by atoms with van der Waals surface area (Å²) in [6, 6.07) is 0. The van der Waals surface area contributed by atoms with Gasteiger partial charge in [0.1, 0.15) is 0 Å². The monoisotopic (exact) mass is 169 g/mol. The predicted molar refractivity (Wildman–Crippen MR) is 33.0 cm³/mol. The normalized spacial score (nSPS) is 31.6. The molecule has 11 heavy (non-hydrogen) atoms. The number of ether oxygens (including phenoxy) is 1. The zero-order chi connectivity index (χ0) is 8.54. The second-order valence-corrected chi connectivity index (χ2v) is 2.63. The van der Waals surface area contributed by atoms with Crippen LogP contribution < -0.4 is 5.73 Å².